The normalized spacial score (nSPS) is 17.9. The van der Waals surface area contributed by atoms with Crippen molar-refractivity contribution in [1.82, 2.24) is 20.2 Å². The number of hydrogen-bond acceptors (Lipinski definition) is 11. The van der Waals surface area contributed by atoms with E-state index in [1.54, 1.807) is 30.0 Å². The molecule has 1 saturated heterocycles. The van der Waals surface area contributed by atoms with E-state index in [1.807, 2.05) is 26.0 Å². The monoisotopic (exact) mass is 732 g/mol. The Morgan fingerprint density at radius 1 is 1.07 bits per heavy atom. The highest BCUT2D eigenvalue weighted by atomic mass is 35.5. The first-order valence-electron chi connectivity index (χ1n) is 12.9. The first kappa shape index (κ1) is 34.9. The summed E-state index contributed by atoms with van der Waals surface area (Å²) in [6.45, 7) is 3.95. The molecule has 2 aliphatic heterocycles. The standard InChI is InChI=1S/C27H26Cl2N4O6S5/c1-3-40-27-30-13(2)7-20(32-27)41-6-4-5-14-10-44-25-22(24(37)33(25)23(14)26(38)39)31-19(34)11-42-17-8-16(29)18(9-15(17)28)43-12-21(35)36/h4-5,7-9,22,25H,3,6,10-12H2,1-2H3,(H,31,34)(H,35,36)(H,38,39)/b5-4+/t22-,25-/m1/s1. The molecule has 3 heterocycles. The summed E-state index contributed by atoms with van der Waals surface area (Å²) in [4.78, 5) is 59.9. The van der Waals surface area contributed by atoms with Crippen LogP contribution in [0.5, 0.6) is 0 Å². The van der Waals surface area contributed by atoms with Gasteiger partial charge in [-0.3, -0.25) is 19.3 Å². The molecule has 4 rings (SSSR count). The third kappa shape index (κ3) is 8.83. The van der Waals surface area contributed by atoms with Gasteiger partial charge in [-0.1, -0.05) is 54.0 Å². The number of halogens is 2. The van der Waals surface area contributed by atoms with E-state index in [4.69, 9.17) is 28.3 Å². The zero-order chi connectivity index (χ0) is 32.0. The van der Waals surface area contributed by atoms with Crippen LogP contribution in [0.1, 0.15) is 12.6 Å². The SMILES string of the molecule is CCSc1nc(C)cc(SC/C=C/C2=C(C(=O)O)N3C(=O)[C@@H](NC(=O)CSc4cc(Cl)c(SCC(=O)O)cc4Cl)[C@H]3SC2)n1. The highest BCUT2D eigenvalue weighted by molar-refractivity contribution is 8.01. The minimum absolute atomic E-state index is 0.0589. The summed E-state index contributed by atoms with van der Waals surface area (Å²) in [7, 11) is 0. The number of hydrogen-bond donors (Lipinski definition) is 3. The molecule has 234 valence electrons. The number of benzene rings is 1. The lowest BCUT2D eigenvalue weighted by molar-refractivity contribution is -0.150. The van der Waals surface area contributed by atoms with Crippen molar-refractivity contribution in [2.24, 2.45) is 0 Å². The van der Waals surface area contributed by atoms with Gasteiger partial charge in [0.25, 0.3) is 5.91 Å². The van der Waals surface area contributed by atoms with Crippen LogP contribution >= 0.6 is 82.0 Å². The molecule has 1 aromatic carbocycles. The number of β-lactam (4-membered cyclic amide) rings is 1. The van der Waals surface area contributed by atoms with Crippen LogP contribution in [0, 0.1) is 6.92 Å². The smallest absolute Gasteiger partial charge is 0.352 e. The number of aryl methyl sites for hydroxylation is 1. The Bertz CT molecular complexity index is 1540. The Balaban J connectivity index is 1.34. The van der Waals surface area contributed by atoms with Crippen molar-refractivity contribution in [3.05, 3.63) is 57.4 Å². The fraction of sp³-hybridized carbons (Fsp3) is 0.333. The molecular formula is C27H26Cl2N4O6S5. The first-order valence-corrected chi connectivity index (χ1v) is 18.7. The summed E-state index contributed by atoms with van der Waals surface area (Å²) in [5, 5.41) is 23.2. The average molecular weight is 734 g/mol. The molecule has 44 heavy (non-hydrogen) atoms. The number of rotatable bonds is 14. The number of carboxylic acid groups (broad SMARTS) is 2. The largest absolute Gasteiger partial charge is 0.481 e. The molecule has 0 unspecified atom stereocenters. The number of aliphatic carboxylic acids is 2. The third-order valence-electron chi connectivity index (χ3n) is 5.94. The number of allylic oxidation sites excluding steroid dienone is 1. The second-order valence-electron chi connectivity index (χ2n) is 9.09. The van der Waals surface area contributed by atoms with Gasteiger partial charge in [0.15, 0.2) is 5.16 Å². The van der Waals surface area contributed by atoms with E-state index in [0.717, 1.165) is 45.2 Å². The second-order valence-corrected chi connectivity index (χ2v) is 15.3. The molecular weight excluding hydrogens is 708 g/mol. The number of carbonyl (C=O) groups excluding carboxylic acids is 2. The maximum Gasteiger partial charge on any atom is 0.352 e. The Morgan fingerprint density at radius 2 is 1.75 bits per heavy atom. The van der Waals surface area contributed by atoms with Gasteiger partial charge < -0.3 is 15.5 Å². The second kappa shape index (κ2) is 16.0. The number of thioether (sulfide) groups is 5. The van der Waals surface area contributed by atoms with Gasteiger partial charge in [-0.25, -0.2) is 14.8 Å². The number of aromatic nitrogens is 2. The van der Waals surface area contributed by atoms with Gasteiger partial charge in [0.05, 0.1) is 21.6 Å². The summed E-state index contributed by atoms with van der Waals surface area (Å²) in [6.07, 6.45) is 3.58. The van der Waals surface area contributed by atoms with Crippen LogP contribution in [0.4, 0.5) is 0 Å². The van der Waals surface area contributed by atoms with Crippen LogP contribution in [0.25, 0.3) is 0 Å². The summed E-state index contributed by atoms with van der Waals surface area (Å²) in [5.41, 5.74) is 1.31. The Hall–Kier alpha value is -2.01. The lowest BCUT2D eigenvalue weighted by Crippen LogP contribution is -2.70. The zero-order valence-corrected chi connectivity index (χ0v) is 28.8. The molecule has 0 bridgehead atoms. The van der Waals surface area contributed by atoms with Crippen LogP contribution in [-0.4, -0.2) is 89.0 Å². The van der Waals surface area contributed by atoms with Crippen molar-refractivity contribution in [3.8, 4) is 0 Å². The van der Waals surface area contributed by atoms with Gasteiger partial charge in [-0.2, -0.15) is 0 Å². The number of amides is 2. The van der Waals surface area contributed by atoms with Gasteiger partial charge in [-0.05, 0) is 36.4 Å². The van der Waals surface area contributed by atoms with Gasteiger partial charge in [0.2, 0.25) is 5.91 Å². The van der Waals surface area contributed by atoms with E-state index in [1.165, 1.54) is 28.4 Å². The zero-order valence-electron chi connectivity index (χ0n) is 23.2. The van der Waals surface area contributed by atoms with Crippen molar-refractivity contribution < 1.29 is 29.4 Å². The highest BCUT2D eigenvalue weighted by Gasteiger charge is 2.53. The summed E-state index contributed by atoms with van der Waals surface area (Å²) < 4.78 is 0. The summed E-state index contributed by atoms with van der Waals surface area (Å²) in [6, 6.07) is 4.16. The highest BCUT2D eigenvalue weighted by Crippen LogP contribution is 2.41. The molecule has 10 nitrogen and oxygen atoms in total. The van der Waals surface area contributed by atoms with Crippen molar-refractivity contribution in [1.29, 1.82) is 0 Å². The van der Waals surface area contributed by atoms with E-state index < -0.39 is 35.2 Å². The van der Waals surface area contributed by atoms with E-state index in [2.05, 4.69) is 15.3 Å². The lowest BCUT2D eigenvalue weighted by atomic mass is 10.0. The van der Waals surface area contributed by atoms with Crippen LogP contribution in [0.15, 0.2) is 61.6 Å². The lowest BCUT2D eigenvalue weighted by Gasteiger charge is -2.49. The quantitative estimate of drug-likeness (QED) is 0.0964. The average Bonchev–Trinajstić information content (AvgIpc) is 2.96. The number of fused-ring (bicyclic) bond motifs is 1. The van der Waals surface area contributed by atoms with Gasteiger partial charge >= 0.3 is 11.9 Å². The topological polar surface area (TPSA) is 150 Å². The van der Waals surface area contributed by atoms with Crippen LogP contribution in [-0.2, 0) is 19.2 Å². The van der Waals surface area contributed by atoms with E-state index in [9.17, 15) is 24.3 Å². The minimum atomic E-state index is -1.21. The van der Waals surface area contributed by atoms with E-state index in [-0.39, 0.29) is 17.2 Å². The Morgan fingerprint density at radius 3 is 2.39 bits per heavy atom. The number of carboxylic acids is 2. The molecule has 2 amide bonds. The predicted molar refractivity (Wildman–Crippen MR) is 178 cm³/mol. The molecule has 0 aliphatic carbocycles. The van der Waals surface area contributed by atoms with E-state index >= 15 is 0 Å². The predicted octanol–water partition coefficient (Wildman–Crippen LogP) is 5.56. The third-order valence-corrected chi connectivity index (χ3v) is 11.8. The molecule has 0 spiro atoms. The molecule has 1 fully saturated rings. The molecule has 2 aromatic rings. The molecule has 1 aromatic heterocycles. The fourth-order valence-electron chi connectivity index (χ4n) is 4.11. The molecule has 2 aliphatic rings. The van der Waals surface area contributed by atoms with Crippen LogP contribution in [0.2, 0.25) is 10.0 Å². The van der Waals surface area contributed by atoms with Gasteiger partial charge in [0.1, 0.15) is 22.1 Å². The molecule has 3 N–H and O–H groups in total. The maximum absolute atomic E-state index is 13.0. The van der Waals surface area contributed by atoms with Crippen molar-refractivity contribution in [3.63, 3.8) is 0 Å². The first-order chi connectivity index (χ1) is 21.0. The Labute approximate surface area is 285 Å². The van der Waals surface area contributed by atoms with Gasteiger partial charge in [-0.15, -0.1) is 47.0 Å². The molecule has 2 atom stereocenters. The van der Waals surface area contributed by atoms with Crippen molar-refractivity contribution in [2.45, 2.75) is 45.2 Å². The van der Waals surface area contributed by atoms with Gasteiger partial charge in [0, 0.05) is 27.0 Å². The molecule has 0 radical (unpaired) electrons. The summed E-state index contributed by atoms with van der Waals surface area (Å²) >= 11 is 19.2. The number of carbonyl (C=O) groups is 4. The Kier molecular flexibility index (Phi) is 12.7. The minimum Gasteiger partial charge on any atom is -0.481 e. The number of nitrogens with zero attached hydrogens (tertiary/aromatic N) is 3. The fourth-order valence-corrected chi connectivity index (χ4v) is 9.11. The van der Waals surface area contributed by atoms with E-state index in [0.29, 0.717) is 36.9 Å². The van der Waals surface area contributed by atoms with Crippen molar-refractivity contribution >= 4 is 106 Å². The number of nitrogens with one attached hydrogen (secondary N) is 1. The molecule has 0 saturated carbocycles. The van der Waals surface area contributed by atoms with Crippen molar-refractivity contribution in [2.75, 3.05) is 28.8 Å². The summed E-state index contributed by atoms with van der Waals surface area (Å²) in [5.74, 6) is -1.55. The maximum atomic E-state index is 13.0. The molecule has 17 heteroatoms. The van der Waals surface area contributed by atoms with Crippen LogP contribution < -0.4 is 5.32 Å². The van der Waals surface area contributed by atoms with Crippen LogP contribution in [0.3, 0.4) is 0 Å².